The number of guanidine groups is 1. The van der Waals surface area contributed by atoms with Gasteiger partial charge in [-0.1, -0.05) is 37.6 Å². The van der Waals surface area contributed by atoms with Crippen molar-refractivity contribution in [2.75, 3.05) is 20.1 Å². The summed E-state index contributed by atoms with van der Waals surface area (Å²) >= 11 is 7.74. The summed E-state index contributed by atoms with van der Waals surface area (Å²) in [5, 5.41) is 10.8. The Balaban J connectivity index is 0.00000312. The molecule has 0 atom stereocenters. The zero-order valence-corrected chi connectivity index (χ0v) is 18.8. The monoisotopic (exact) mass is 492 g/mol. The Hall–Kier alpha value is -0.860. The Morgan fingerprint density at radius 2 is 1.96 bits per heavy atom. The minimum atomic E-state index is 0. The van der Waals surface area contributed by atoms with E-state index in [0.717, 1.165) is 42.6 Å². The number of halogens is 2. The third-order valence-electron chi connectivity index (χ3n) is 3.56. The van der Waals surface area contributed by atoms with E-state index in [-0.39, 0.29) is 24.0 Å². The summed E-state index contributed by atoms with van der Waals surface area (Å²) in [6.07, 6.45) is 1.81. The second-order valence-corrected chi connectivity index (χ2v) is 7.21. The largest absolute Gasteiger partial charge is 0.356 e. The lowest BCUT2D eigenvalue weighted by atomic mass is 10.1. The molecule has 138 valence electrons. The molecule has 0 saturated heterocycles. The first kappa shape index (κ1) is 22.2. The number of nitrogens with one attached hydrogen (secondary N) is 2. The van der Waals surface area contributed by atoms with Gasteiger partial charge in [-0.3, -0.25) is 4.99 Å². The van der Waals surface area contributed by atoms with E-state index in [4.69, 9.17) is 11.6 Å². The highest BCUT2D eigenvalue weighted by Crippen LogP contribution is 2.19. The molecule has 4 nitrogen and oxygen atoms in total. The average Bonchev–Trinajstić information content (AvgIpc) is 3.02. The van der Waals surface area contributed by atoms with Crippen molar-refractivity contribution in [3.8, 4) is 0 Å². The summed E-state index contributed by atoms with van der Waals surface area (Å²) in [7, 11) is 1.79. The van der Waals surface area contributed by atoms with Gasteiger partial charge in [0, 0.05) is 42.9 Å². The number of aliphatic imine (C=N–C) groups is 1. The fraction of sp³-hybridized carbons (Fsp3) is 0.444. The Kier molecular flexibility index (Phi) is 10.4. The first-order valence-electron chi connectivity index (χ1n) is 8.21. The minimum absolute atomic E-state index is 0. The molecule has 0 aliphatic rings. The molecular weight excluding hydrogens is 467 g/mol. The Labute approximate surface area is 176 Å². The molecule has 0 unspecified atom stereocenters. The van der Waals surface area contributed by atoms with Crippen molar-refractivity contribution in [3.05, 3.63) is 50.9 Å². The number of hydrogen-bond donors (Lipinski definition) is 2. The van der Waals surface area contributed by atoms with Crippen LogP contribution in [-0.4, -0.2) is 31.1 Å². The van der Waals surface area contributed by atoms with E-state index < -0.39 is 0 Å². The molecule has 0 bridgehead atoms. The number of nitrogens with zero attached hydrogens (tertiary/aromatic N) is 2. The van der Waals surface area contributed by atoms with Crippen LogP contribution < -0.4 is 10.6 Å². The standard InChI is InChI=1S/C18H25ClN4S.HI/c1-13(2)17-23-16(12-24-17)8-10-22-18(20-3)21-9-7-14-5-4-6-15(19)11-14;/h4-6,11-13H,7-10H2,1-3H3,(H2,20,21,22);1H. The van der Waals surface area contributed by atoms with E-state index in [0.29, 0.717) is 5.92 Å². The zero-order valence-electron chi connectivity index (χ0n) is 14.9. The van der Waals surface area contributed by atoms with E-state index in [1.54, 1.807) is 18.4 Å². The quantitative estimate of drug-likeness (QED) is 0.340. The molecule has 0 saturated carbocycles. The number of benzene rings is 1. The smallest absolute Gasteiger partial charge is 0.190 e. The maximum atomic E-state index is 6.00. The number of rotatable bonds is 7. The first-order valence-corrected chi connectivity index (χ1v) is 9.47. The molecule has 0 aliphatic heterocycles. The van der Waals surface area contributed by atoms with E-state index in [9.17, 15) is 0 Å². The van der Waals surface area contributed by atoms with Crippen molar-refractivity contribution in [2.24, 2.45) is 4.99 Å². The topological polar surface area (TPSA) is 49.3 Å². The molecule has 1 heterocycles. The highest BCUT2D eigenvalue weighted by Gasteiger charge is 2.06. The van der Waals surface area contributed by atoms with Gasteiger partial charge in [-0.25, -0.2) is 4.98 Å². The van der Waals surface area contributed by atoms with Crippen molar-refractivity contribution in [1.29, 1.82) is 0 Å². The van der Waals surface area contributed by atoms with Crippen LogP contribution in [0.5, 0.6) is 0 Å². The summed E-state index contributed by atoms with van der Waals surface area (Å²) in [4.78, 5) is 8.90. The van der Waals surface area contributed by atoms with E-state index in [1.807, 2.05) is 18.2 Å². The highest BCUT2D eigenvalue weighted by atomic mass is 127. The maximum absolute atomic E-state index is 6.00. The van der Waals surface area contributed by atoms with E-state index >= 15 is 0 Å². The van der Waals surface area contributed by atoms with Crippen LogP contribution in [0.2, 0.25) is 5.02 Å². The number of thiazole rings is 1. The predicted octanol–water partition coefficient (Wildman–Crippen LogP) is 4.49. The van der Waals surface area contributed by atoms with E-state index in [2.05, 4.69) is 45.9 Å². The lowest BCUT2D eigenvalue weighted by Crippen LogP contribution is -2.39. The zero-order chi connectivity index (χ0) is 17.4. The molecule has 0 amide bonds. The minimum Gasteiger partial charge on any atom is -0.356 e. The van der Waals surface area contributed by atoms with Crippen LogP contribution in [0.15, 0.2) is 34.6 Å². The Bertz CT molecular complexity index is 673. The van der Waals surface area contributed by atoms with Gasteiger partial charge in [-0.05, 0) is 24.1 Å². The molecule has 1 aromatic carbocycles. The molecule has 0 spiro atoms. The van der Waals surface area contributed by atoms with Gasteiger partial charge in [0.1, 0.15) is 0 Å². The van der Waals surface area contributed by atoms with Crippen molar-refractivity contribution in [1.82, 2.24) is 15.6 Å². The molecule has 2 N–H and O–H groups in total. The van der Waals surface area contributed by atoms with Crippen molar-refractivity contribution in [3.63, 3.8) is 0 Å². The van der Waals surface area contributed by atoms with Crippen LogP contribution in [0.4, 0.5) is 0 Å². The van der Waals surface area contributed by atoms with Gasteiger partial charge in [0.25, 0.3) is 0 Å². The van der Waals surface area contributed by atoms with Crippen LogP contribution >= 0.6 is 46.9 Å². The van der Waals surface area contributed by atoms with Crippen LogP contribution in [0.3, 0.4) is 0 Å². The SMILES string of the molecule is CN=C(NCCc1cccc(Cl)c1)NCCc1csc(C(C)C)n1.I. The van der Waals surface area contributed by atoms with Gasteiger partial charge in [0.2, 0.25) is 0 Å². The Morgan fingerprint density at radius 1 is 1.24 bits per heavy atom. The fourth-order valence-electron chi connectivity index (χ4n) is 2.25. The number of aromatic nitrogens is 1. The first-order chi connectivity index (χ1) is 11.6. The van der Waals surface area contributed by atoms with Crippen LogP contribution in [-0.2, 0) is 12.8 Å². The molecule has 0 aliphatic carbocycles. The molecule has 2 rings (SSSR count). The third kappa shape index (κ3) is 7.92. The molecule has 25 heavy (non-hydrogen) atoms. The third-order valence-corrected chi connectivity index (χ3v) is 4.98. The van der Waals surface area contributed by atoms with Gasteiger partial charge in [0.05, 0.1) is 10.7 Å². The summed E-state index contributed by atoms with van der Waals surface area (Å²) in [5.74, 6) is 1.31. The maximum Gasteiger partial charge on any atom is 0.190 e. The second kappa shape index (κ2) is 11.7. The number of hydrogen-bond acceptors (Lipinski definition) is 3. The van der Waals surface area contributed by atoms with E-state index in [1.165, 1.54) is 10.6 Å². The Morgan fingerprint density at radius 3 is 2.56 bits per heavy atom. The lowest BCUT2D eigenvalue weighted by Gasteiger charge is -2.11. The molecule has 1 aromatic heterocycles. The van der Waals surface area contributed by atoms with Gasteiger partial charge in [-0.2, -0.15) is 0 Å². The highest BCUT2D eigenvalue weighted by molar-refractivity contribution is 14.0. The summed E-state index contributed by atoms with van der Waals surface area (Å²) in [6, 6.07) is 7.94. The fourth-order valence-corrected chi connectivity index (χ4v) is 3.33. The van der Waals surface area contributed by atoms with Crippen LogP contribution in [0, 0.1) is 0 Å². The molecule has 0 fully saturated rings. The summed E-state index contributed by atoms with van der Waals surface area (Å²) in [5.41, 5.74) is 2.36. The molecule has 7 heteroatoms. The molecule has 2 aromatic rings. The molecule has 0 radical (unpaired) electrons. The van der Waals surface area contributed by atoms with Crippen molar-refractivity contribution < 1.29 is 0 Å². The molecular formula is C18H26ClIN4S. The lowest BCUT2D eigenvalue weighted by molar-refractivity contribution is 0.771. The predicted molar refractivity (Wildman–Crippen MR) is 120 cm³/mol. The van der Waals surface area contributed by atoms with Gasteiger partial charge < -0.3 is 10.6 Å². The van der Waals surface area contributed by atoms with Crippen molar-refractivity contribution in [2.45, 2.75) is 32.6 Å². The van der Waals surface area contributed by atoms with Crippen molar-refractivity contribution >= 4 is 52.9 Å². The van der Waals surface area contributed by atoms with Gasteiger partial charge in [-0.15, -0.1) is 35.3 Å². The van der Waals surface area contributed by atoms with Gasteiger partial charge >= 0.3 is 0 Å². The average molecular weight is 493 g/mol. The van der Waals surface area contributed by atoms with Gasteiger partial charge in [0.15, 0.2) is 5.96 Å². The van der Waals surface area contributed by atoms with Crippen LogP contribution in [0.1, 0.15) is 36.0 Å². The summed E-state index contributed by atoms with van der Waals surface area (Å²) < 4.78 is 0. The second-order valence-electron chi connectivity index (χ2n) is 5.89. The van der Waals surface area contributed by atoms with Crippen LogP contribution in [0.25, 0.3) is 0 Å². The summed E-state index contributed by atoms with van der Waals surface area (Å²) in [6.45, 7) is 5.98. The normalized spacial score (nSPS) is 11.3.